The normalized spacial score (nSPS) is 12.3. The Bertz CT molecular complexity index is 542. The third-order valence-electron chi connectivity index (χ3n) is 3.49. The topological polar surface area (TPSA) is 12.0 Å². The number of halogens is 2. The Morgan fingerprint density at radius 1 is 1.15 bits per heavy atom. The minimum atomic E-state index is -0.169. The molecule has 2 aromatic carbocycles. The van der Waals surface area contributed by atoms with Gasteiger partial charge in [0.15, 0.2) is 0 Å². The van der Waals surface area contributed by atoms with Crippen LogP contribution in [0.25, 0.3) is 0 Å². The van der Waals surface area contributed by atoms with Gasteiger partial charge in [0, 0.05) is 9.61 Å². The lowest BCUT2D eigenvalue weighted by Gasteiger charge is -2.18. The third kappa shape index (κ3) is 4.28. The number of hydrogen-bond donors (Lipinski definition) is 1. The average molecular weight is 383 g/mol. The van der Waals surface area contributed by atoms with E-state index in [9.17, 15) is 4.39 Å². The summed E-state index contributed by atoms with van der Waals surface area (Å²) in [5, 5.41) is 3.34. The predicted molar refractivity (Wildman–Crippen MR) is 90.3 cm³/mol. The predicted octanol–water partition coefficient (Wildman–Crippen LogP) is 4.71. The molecule has 3 heteroatoms. The first kappa shape index (κ1) is 15.4. The van der Waals surface area contributed by atoms with E-state index in [1.807, 2.05) is 19.2 Å². The smallest absolute Gasteiger partial charge is 0.124 e. The Morgan fingerprint density at radius 3 is 2.55 bits per heavy atom. The molecule has 0 heterocycles. The molecule has 0 radical (unpaired) electrons. The minimum absolute atomic E-state index is 0.169. The highest BCUT2D eigenvalue weighted by Gasteiger charge is 2.12. The van der Waals surface area contributed by atoms with Crippen molar-refractivity contribution in [2.24, 2.45) is 0 Å². The van der Waals surface area contributed by atoms with Crippen LogP contribution in [0.1, 0.15) is 30.0 Å². The van der Waals surface area contributed by atoms with E-state index < -0.39 is 0 Å². The van der Waals surface area contributed by atoms with Gasteiger partial charge in [-0.3, -0.25) is 0 Å². The summed E-state index contributed by atoms with van der Waals surface area (Å²) in [6, 6.07) is 15.8. The van der Waals surface area contributed by atoms with Gasteiger partial charge in [-0.05, 0) is 72.2 Å². The van der Waals surface area contributed by atoms with Gasteiger partial charge in [-0.25, -0.2) is 4.39 Å². The van der Waals surface area contributed by atoms with Crippen LogP contribution >= 0.6 is 22.6 Å². The van der Waals surface area contributed by atoms with Crippen molar-refractivity contribution in [3.63, 3.8) is 0 Å². The monoisotopic (exact) mass is 383 g/mol. The van der Waals surface area contributed by atoms with Crippen molar-refractivity contribution in [3.8, 4) is 0 Å². The Kier molecular flexibility index (Phi) is 5.98. The summed E-state index contributed by atoms with van der Waals surface area (Å²) in [5.41, 5.74) is 2.55. The van der Waals surface area contributed by atoms with E-state index in [-0.39, 0.29) is 11.9 Å². The Labute approximate surface area is 133 Å². The van der Waals surface area contributed by atoms with E-state index in [2.05, 4.69) is 52.2 Å². The fourth-order valence-electron chi connectivity index (χ4n) is 2.39. The molecule has 1 N–H and O–H groups in total. The quantitative estimate of drug-likeness (QED) is 0.713. The van der Waals surface area contributed by atoms with E-state index in [0.29, 0.717) is 0 Å². The van der Waals surface area contributed by atoms with Gasteiger partial charge < -0.3 is 5.32 Å². The Balaban J connectivity index is 1.95. The minimum Gasteiger partial charge on any atom is -0.313 e. The first-order chi connectivity index (χ1) is 9.70. The van der Waals surface area contributed by atoms with Crippen LogP contribution in [0.2, 0.25) is 0 Å². The molecular weight excluding hydrogens is 364 g/mol. The molecule has 1 atom stereocenters. The zero-order chi connectivity index (χ0) is 14.4. The lowest BCUT2D eigenvalue weighted by atomic mass is 9.99. The number of rotatable bonds is 6. The van der Waals surface area contributed by atoms with Crippen LogP contribution < -0.4 is 5.32 Å². The summed E-state index contributed by atoms with van der Waals surface area (Å²) in [7, 11) is 1.96. The molecule has 0 fully saturated rings. The number of aryl methyl sites for hydroxylation is 1. The fraction of sp³-hybridized carbons (Fsp3) is 0.294. The summed E-state index contributed by atoms with van der Waals surface area (Å²) in [4.78, 5) is 0. The summed E-state index contributed by atoms with van der Waals surface area (Å²) in [5.74, 6) is -0.169. The van der Waals surface area contributed by atoms with Gasteiger partial charge in [0.2, 0.25) is 0 Å². The van der Waals surface area contributed by atoms with Gasteiger partial charge in [-0.1, -0.05) is 36.4 Å². The molecule has 0 saturated carbocycles. The highest BCUT2D eigenvalue weighted by atomic mass is 127. The Morgan fingerprint density at radius 2 is 1.90 bits per heavy atom. The van der Waals surface area contributed by atoms with Crippen LogP contribution in [0, 0.1) is 9.39 Å². The molecule has 0 amide bonds. The van der Waals surface area contributed by atoms with E-state index in [1.54, 1.807) is 12.1 Å². The summed E-state index contributed by atoms with van der Waals surface area (Å²) in [6.07, 6.45) is 3.24. The first-order valence-corrected chi connectivity index (χ1v) is 7.94. The van der Waals surface area contributed by atoms with Crippen molar-refractivity contribution in [2.75, 3.05) is 7.05 Å². The average Bonchev–Trinajstić information content (AvgIpc) is 2.46. The van der Waals surface area contributed by atoms with Crippen molar-refractivity contribution in [1.82, 2.24) is 5.32 Å². The molecule has 106 valence electrons. The molecule has 1 nitrogen and oxygen atoms in total. The summed E-state index contributed by atoms with van der Waals surface area (Å²) in [6.45, 7) is 0. The van der Waals surface area contributed by atoms with Crippen molar-refractivity contribution < 1.29 is 4.39 Å². The molecular formula is C17H19FIN. The van der Waals surface area contributed by atoms with Crippen molar-refractivity contribution in [2.45, 2.75) is 25.3 Å². The largest absolute Gasteiger partial charge is 0.313 e. The molecule has 0 aliphatic rings. The molecule has 0 spiro atoms. The highest BCUT2D eigenvalue weighted by molar-refractivity contribution is 14.1. The van der Waals surface area contributed by atoms with Crippen LogP contribution in [0.5, 0.6) is 0 Å². The maximum Gasteiger partial charge on any atom is 0.124 e. The standard InChI is InChI=1S/C17H19FIN/c1-20-17(15-11-10-14(18)12-16(15)19)9-5-8-13-6-3-2-4-7-13/h2-4,6-7,10-12,17,20H,5,8-9H2,1H3. The second kappa shape index (κ2) is 7.74. The SMILES string of the molecule is CNC(CCCc1ccccc1)c1ccc(F)cc1I. The van der Waals surface area contributed by atoms with Crippen molar-refractivity contribution >= 4 is 22.6 Å². The van der Waals surface area contributed by atoms with Crippen LogP contribution in [-0.2, 0) is 6.42 Å². The molecule has 20 heavy (non-hydrogen) atoms. The number of nitrogens with one attached hydrogen (secondary N) is 1. The zero-order valence-electron chi connectivity index (χ0n) is 11.6. The second-order valence-corrected chi connectivity index (χ2v) is 6.05. The zero-order valence-corrected chi connectivity index (χ0v) is 13.7. The van der Waals surface area contributed by atoms with E-state index in [1.165, 1.54) is 11.1 Å². The molecule has 0 aliphatic heterocycles. The molecule has 2 aromatic rings. The van der Waals surface area contributed by atoms with Crippen molar-refractivity contribution in [1.29, 1.82) is 0 Å². The van der Waals surface area contributed by atoms with Gasteiger partial charge in [-0.2, -0.15) is 0 Å². The number of hydrogen-bond acceptors (Lipinski definition) is 1. The lowest BCUT2D eigenvalue weighted by Crippen LogP contribution is -2.17. The van der Waals surface area contributed by atoms with Crippen molar-refractivity contribution in [3.05, 3.63) is 69.0 Å². The van der Waals surface area contributed by atoms with Gasteiger partial charge in [0.05, 0.1) is 0 Å². The van der Waals surface area contributed by atoms with Gasteiger partial charge >= 0.3 is 0 Å². The Hall–Kier alpha value is -0.940. The molecule has 1 unspecified atom stereocenters. The highest BCUT2D eigenvalue weighted by Crippen LogP contribution is 2.25. The van der Waals surface area contributed by atoms with Crippen LogP contribution in [0.3, 0.4) is 0 Å². The lowest BCUT2D eigenvalue weighted by molar-refractivity contribution is 0.523. The third-order valence-corrected chi connectivity index (χ3v) is 4.42. The summed E-state index contributed by atoms with van der Waals surface area (Å²) >= 11 is 2.21. The molecule has 0 aromatic heterocycles. The van der Waals surface area contributed by atoms with Crippen LogP contribution in [0.15, 0.2) is 48.5 Å². The van der Waals surface area contributed by atoms with Crippen LogP contribution in [0.4, 0.5) is 4.39 Å². The number of benzene rings is 2. The first-order valence-electron chi connectivity index (χ1n) is 6.87. The van der Waals surface area contributed by atoms with Gasteiger partial charge in [0.1, 0.15) is 5.82 Å². The maximum absolute atomic E-state index is 13.2. The van der Waals surface area contributed by atoms with Gasteiger partial charge in [0.25, 0.3) is 0 Å². The van der Waals surface area contributed by atoms with Crippen LogP contribution in [-0.4, -0.2) is 7.05 Å². The van der Waals surface area contributed by atoms with E-state index in [4.69, 9.17) is 0 Å². The molecule has 2 rings (SSSR count). The second-order valence-electron chi connectivity index (χ2n) is 4.88. The maximum atomic E-state index is 13.2. The van der Waals surface area contributed by atoms with E-state index >= 15 is 0 Å². The van der Waals surface area contributed by atoms with E-state index in [0.717, 1.165) is 22.8 Å². The molecule has 0 saturated heterocycles. The van der Waals surface area contributed by atoms with Gasteiger partial charge in [-0.15, -0.1) is 0 Å². The summed E-state index contributed by atoms with van der Waals surface area (Å²) < 4.78 is 14.2. The molecule has 0 aliphatic carbocycles. The molecule has 0 bridgehead atoms. The fourth-order valence-corrected chi connectivity index (χ4v) is 3.25.